The number of aliphatic carboxylic acids is 1. The summed E-state index contributed by atoms with van der Waals surface area (Å²) in [5, 5.41) is 8.66. The summed E-state index contributed by atoms with van der Waals surface area (Å²) in [5.74, 6) is -0.947. The lowest BCUT2D eigenvalue weighted by Crippen LogP contribution is -2.51. The van der Waals surface area contributed by atoms with E-state index in [-0.39, 0.29) is 12.2 Å². The van der Waals surface area contributed by atoms with Crippen molar-refractivity contribution >= 4 is 5.97 Å². The maximum Gasteiger partial charge on any atom is 0.321 e. The van der Waals surface area contributed by atoms with Crippen molar-refractivity contribution < 1.29 is 14.6 Å². The number of hydrogen-bond donors (Lipinski definition) is 2. The van der Waals surface area contributed by atoms with Gasteiger partial charge in [0, 0.05) is 19.6 Å². The summed E-state index contributed by atoms with van der Waals surface area (Å²) in [5.41, 5.74) is 5.46. The molecule has 0 aliphatic carbocycles. The topological polar surface area (TPSA) is 75.8 Å². The van der Waals surface area contributed by atoms with Gasteiger partial charge in [0.15, 0.2) is 0 Å². The highest BCUT2D eigenvalue weighted by atomic mass is 16.5. The predicted molar refractivity (Wildman–Crippen MR) is 52.1 cm³/mol. The van der Waals surface area contributed by atoms with Crippen LogP contribution in [0.15, 0.2) is 0 Å². The van der Waals surface area contributed by atoms with Gasteiger partial charge in [0.2, 0.25) is 0 Å². The van der Waals surface area contributed by atoms with Crippen LogP contribution >= 0.6 is 0 Å². The zero-order valence-electron chi connectivity index (χ0n) is 8.64. The van der Waals surface area contributed by atoms with Crippen molar-refractivity contribution in [3.8, 4) is 0 Å². The molecule has 0 bridgehead atoms. The van der Waals surface area contributed by atoms with Gasteiger partial charge in [-0.15, -0.1) is 0 Å². The Kier molecular flexibility index (Phi) is 3.86. The van der Waals surface area contributed by atoms with Crippen LogP contribution < -0.4 is 5.73 Å². The summed E-state index contributed by atoms with van der Waals surface area (Å²) in [4.78, 5) is 12.6. The Morgan fingerprint density at radius 1 is 1.57 bits per heavy atom. The molecule has 0 amide bonds. The smallest absolute Gasteiger partial charge is 0.321 e. The van der Waals surface area contributed by atoms with E-state index in [0.29, 0.717) is 6.54 Å². The highest BCUT2D eigenvalue weighted by molar-refractivity contribution is 5.73. The van der Waals surface area contributed by atoms with Gasteiger partial charge in [-0.3, -0.25) is 9.69 Å². The first-order valence-corrected chi connectivity index (χ1v) is 4.85. The Hall–Kier alpha value is -0.650. The Balaban J connectivity index is 2.40. The van der Waals surface area contributed by atoms with Crippen LogP contribution in [0.3, 0.4) is 0 Å². The van der Waals surface area contributed by atoms with Gasteiger partial charge in [-0.05, 0) is 13.8 Å². The van der Waals surface area contributed by atoms with E-state index in [0.717, 1.165) is 13.1 Å². The van der Waals surface area contributed by atoms with Crippen LogP contribution in [0, 0.1) is 0 Å². The minimum atomic E-state index is -0.947. The summed E-state index contributed by atoms with van der Waals surface area (Å²) in [6.45, 7) is 5.87. The molecule has 1 heterocycles. The fourth-order valence-electron chi connectivity index (χ4n) is 1.79. The number of carboxylic acid groups (broad SMARTS) is 1. The molecule has 3 N–H and O–H groups in total. The van der Waals surface area contributed by atoms with Gasteiger partial charge in [-0.1, -0.05) is 0 Å². The van der Waals surface area contributed by atoms with Crippen molar-refractivity contribution in [3.63, 3.8) is 0 Å². The van der Waals surface area contributed by atoms with Gasteiger partial charge in [-0.2, -0.15) is 0 Å². The molecule has 0 aromatic rings. The molecule has 0 spiro atoms. The summed E-state index contributed by atoms with van der Waals surface area (Å²) in [7, 11) is 0. The zero-order valence-corrected chi connectivity index (χ0v) is 8.64. The number of ether oxygens (including phenoxy) is 1. The lowest BCUT2D eigenvalue weighted by molar-refractivity contribution is -0.140. The summed E-state index contributed by atoms with van der Waals surface area (Å²) >= 11 is 0. The number of hydrogen-bond acceptors (Lipinski definition) is 4. The number of carbonyl (C=O) groups is 1. The largest absolute Gasteiger partial charge is 0.480 e. The first kappa shape index (κ1) is 11.4. The van der Waals surface area contributed by atoms with E-state index in [1.54, 1.807) is 0 Å². The molecule has 0 saturated carbocycles. The van der Waals surface area contributed by atoms with Crippen molar-refractivity contribution in [2.24, 2.45) is 5.73 Å². The molecular formula is C9H18N2O3. The molecule has 1 aliphatic rings. The summed E-state index contributed by atoms with van der Waals surface area (Å²) < 4.78 is 5.53. The first-order chi connectivity index (χ1) is 6.49. The highest BCUT2D eigenvalue weighted by Crippen LogP contribution is 2.10. The molecule has 1 saturated heterocycles. The second-order valence-corrected chi connectivity index (χ2v) is 3.92. The summed E-state index contributed by atoms with van der Waals surface area (Å²) in [6, 6.07) is -0.799. The van der Waals surface area contributed by atoms with Crippen molar-refractivity contribution in [3.05, 3.63) is 0 Å². The fourth-order valence-corrected chi connectivity index (χ4v) is 1.79. The molecule has 82 valence electrons. The van der Waals surface area contributed by atoms with Gasteiger partial charge in [-0.25, -0.2) is 0 Å². The minimum Gasteiger partial charge on any atom is -0.480 e. The lowest BCUT2D eigenvalue weighted by atomic mass is 10.2. The maximum atomic E-state index is 10.6. The number of nitrogens with zero attached hydrogens (tertiary/aromatic N) is 1. The molecule has 0 radical (unpaired) electrons. The molecule has 3 atom stereocenters. The fraction of sp³-hybridized carbons (Fsp3) is 0.889. The highest BCUT2D eigenvalue weighted by Gasteiger charge is 2.25. The van der Waals surface area contributed by atoms with Crippen molar-refractivity contribution in [2.75, 3.05) is 19.6 Å². The predicted octanol–water partition coefficient (Wildman–Crippen LogP) is -0.492. The van der Waals surface area contributed by atoms with E-state index in [1.807, 2.05) is 18.7 Å². The number of carboxylic acids is 1. The molecule has 3 unspecified atom stereocenters. The van der Waals surface area contributed by atoms with Crippen LogP contribution in [0.4, 0.5) is 0 Å². The van der Waals surface area contributed by atoms with Gasteiger partial charge in [0.1, 0.15) is 6.04 Å². The molecular weight excluding hydrogens is 184 g/mol. The van der Waals surface area contributed by atoms with Crippen LogP contribution in [-0.2, 0) is 9.53 Å². The molecule has 0 aromatic heterocycles. The Morgan fingerprint density at radius 2 is 2.07 bits per heavy atom. The number of rotatable bonds is 3. The van der Waals surface area contributed by atoms with E-state index in [2.05, 4.69) is 0 Å². The third kappa shape index (κ3) is 3.25. The second-order valence-electron chi connectivity index (χ2n) is 3.92. The van der Waals surface area contributed by atoms with Gasteiger partial charge >= 0.3 is 5.97 Å². The van der Waals surface area contributed by atoms with Crippen LogP contribution in [0.1, 0.15) is 13.8 Å². The normalized spacial score (nSPS) is 31.4. The molecule has 1 aliphatic heterocycles. The van der Waals surface area contributed by atoms with E-state index in [9.17, 15) is 4.79 Å². The number of nitrogens with two attached hydrogens (primary N) is 1. The van der Waals surface area contributed by atoms with Crippen molar-refractivity contribution in [1.29, 1.82) is 0 Å². The zero-order chi connectivity index (χ0) is 10.7. The Morgan fingerprint density at radius 3 is 2.50 bits per heavy atom. The van der Waals surface area contributed by atoms with E-state index in [4.69, 9.17) is 15.6 Å². The minimum absolute atomic E-state index is 0.153. The average Bonchev–Trinajstić information content (AvgIpc) is 2.01. The van der Waals surface area contributed by atoms with Gasteiger partial charge in [0.05, 0.1) is 12.2 Å². The monoisotopic (exact) mass is 202 g/mol. The van der Waals surface area contributed by atoms with Crippen LogP contribution in [-0.4, -0.2) is 53.9 Å². The van der Waals surface area contributed by atoms with E-state index < -0.39 is 12.0 Å². The van der Waals surface area contributed by atoms with Gasteiger partial charge in [0.25, 0.3) is 0 Å². The Labute approximate surface area is 83.8 Å². The maximum absolute atomic E-state index is 10.6. The molecule has 5 nitrogen and oxygen atoms in total. The molecule has 14 heavy (non-hydrogen) atoms. The first-order valence-electron chi connectivity index (χ1n) is 4.85. The van der Waals surface area contributed by atoms with Crippen molar-refractivity contribution in [2.45, 2.75) is 32.1 Å². The second kappa shape index (κ2) is 4.72. The van der Waals surface area contributed by atoms with E-state index >= 15 is 0 Å². The SMILES string of the molecule is CC1CN(CC(N)C(=O)O)CC(C)O1. The van der Waals surface area contributed by atoms with Crippen LogP contribution in [0.2, 0.25) is 0 Å². The molecule has 1 rings (SSSR count). The van der Waals surface area contributed by atoms with E-state index in [1.165, 1.54) is 0 Å². The van der Waals surface area contributed by atoms with Crippen LogP contribution in [0.25, 0.3) is 0 Å². The molecule has 0 aromatic carbocycles. The van der Waals surface area contributed by atoms with Crippen LogP contribution in [0.5, 0.6) is 0 Å². The number of morpholine rings is 1. The third-order valence-electron chi connectivity index (χ3n) is 2.27. The molecule has 1 fully saturated rings. The quantitative estimate of drug-likeness (QED) is 0.645. The Bertz CT molecular complexity index is 200. The lowest BCUT2D eigenvalue weighted by Gasteiger charge is -2.35. The standard InChI is InChI=1S/C9H18N2O3/c1-6-3-11(4-7(2)14-6)5-8(10)9(12)13/h6-8H,3-5,10H2,1-2H3,(H,12,13). The third-order valence-corrected chi connectivity index (χ3v) is 2.27. The average molecular weight is 202 g/mol. The summed E-state index contributed by atoms with van der Waals surface area (Å²) in [6.07, 6.45) is 0.305. The van der Waals surface area contributed by atoms with Crippen molar-refractivity contribution in [1.82, 2.24) is 4.90 Å². The molecule has 5 heteroatoms. The van der Waals surface area contributed by atoms with Gasteiger partial charge < -0.3 is 15.6 Å².